The number of nitrogens with one attached hydrogen (secondary N) is 1. The van der Waals surface area contributed by atoms with Gasteiger partial charge < -0.3 is 14.8 Å². The first-order valence-corrected chi connectivity index (χ1v) is 7.00. The molecule has 0 saturated carbocycles. The number of carbonyl (C=O) groups is 1. The fourth-order valence-corrected chi connectivity index (χ4v) is 3.06. The van der Waals surface area contributed by atoms with Gasteiger partial charge in [0.2, 0.25) is 5.76 Å². The zero-order chi connectivity index (χ0) is 13.1. The predicted molar refractivity (Wildman–Crippen MR) is 73.0 cm³/mol. The molecule has 0 atom stereocenters. The van der Waals surface area contributed by atoms with Gasteiger partial charge in [0.1, 0.15) is 5.76 Å². The van der Waals surface area contributed by atoms with E-state index in [-0.39, 0.29) is 5.76 Å². The summed E-state index contributed by atoms with van der Waals surface area (Å²) in [4.78, 5) is 12.0. The lowest BCUT2D eigenvalue weighted by Gasteiger charge is -2.00. The summed E-state index contributed by atoms with van der Waals surface area (Å²) in [5.74, 6) is -0.374. The molecule has 2 rings (SSSR count). The van der Waals surface area contributed by atoms with Crippen LogP contribution in [0.5, 0.6) is 0 Å². The van der Waals surface area contributed by atoms with Crippen LogP contribution in [-0.4, -0.2) is 11.1 Å². The van der Waals surface area contributed by atoms with E-state index in [1.54, 1.807) is 24.3 Å². The van der Waals surface area contributed by atoms with E-state index in [1.807, 2.05) is 11.4 Å². The molecule has 4 nitrogen and oxygen atoms in total. The molecule has 6 heteroatoms. The highest BCUT2D eigenvalue weighted by atomic mass is 79.9. The van der Waals surface area contributed by atoms with Crippen LogP contribution in [-0.2, 0) is 13.1 Å². The Morgan fingerprint density at radius 3 is 2.89 bits per heavy atom. The van der Waals surface area contributed by atoms with Crippen molar-refractivity contribution < 1.29 is 14.3 Å². The van der Waals surface area contributed by atoms with E-state index in [9.17, 15) is 4.79 Å². The zero-order valence-corrected chi connectivity index (χ0v) is 12.1. The maximum absolute atomic E-state index is 10.8. The van der Waals surface area contributed by atoms with Crippen LogP contribution in [0.4, 0.5) is 0 Å². The summed E-state index contributed by atoms with van der Waals surface area (Å²) in [6, 6.07) is 3.75. The van der Waals surface area contributed by atoms with Crippen molar-refractivity contribution in [1.29, 1.82) is 0 Å². The van der Waals surface area contributed by atoms with Gasteiger partial charge in [0, 0.05) is 21.5 Å². The number of thiophene rings is 1. The van der Waals surface area contributed by atoms with Crippen LogP contribution in [0.15, 0.2) is 26.4 Å². The van der Waals surface area contributed by atoms with Crippen LogP contribution in [0, 0.1) is 6.92 Å². The average molecular weight is 330 g/mol. The predicted octanol–water partition coefficient (Wildman–Crippen LogP) is 3.40. The quantitative estimate of drug-likeness (QED) is 0.882. The topological polar surface area (TPSA) is 62.5 Å². The van der Waals surface area contributed by atoms with Gasteiger partial charge in [0.25, 0.3) is 0 Å². The Morgan fingerprint density at radius 2 is 2.33 bits per heavy atom. The smallest absolute Gasteiger partial charge is 0.372 e. The van der Waals surface area contributed by atoms with Gasteiger partial charge in [-0.15, -0.1) is 11.3 Å². The maximum Gasteiger partial charge on any atom is 0.372 e. The van der Waals surface area contributed by atoms with E-state index in [0.717, 1.165) is 11.0 Å². The normalized spacial score (nSPS) is 10.8. The van der Waals surface area contributed by atoms with Crippen LogP contribution >= 0.6 is 27.3 Å². The van der Waals surface area contributed by atoms with Crippen LogP contribution in [0.3, 0.4) is 0 Å². The Morgan fingerprint density at radius 1 is 1.56 bits per heavy atom. The van der Waals surface area contributed by atoms with E-state index in [1.165, 1.54) is 4.88 Å². The SMILES string of the molecule is Cc1cc(CNCc2sccc2Br)oc1C(=O)O. The van der Waals surface area contributed by atoms with Crippen molar-refractivity contribution in [3.63, 3.8) is 0 Å². The lowest BCUT2D eigenvalue weighted by Crippen LogP contribution is -2.11. The number of hydrogen-bond acceptors (Lipinski definition) is 4. The number of hydrogen-bond donors (Lipinski definition) is 2. The fourth-order valence-electron chi connectivity index (χ4n) is 1.60. The van der Waals surface area contributed by atoms with E-state index < -0.39 is 5.97 Å². The molecule has 0 aliphatic heterocycles. The molecule has 0 aromatic carbocycles. The molecule has 96 valence electrons. The van der Waals surface area contributed by atoms with Gasteiger partial charge in [-0.1, -0.05) is 0 Å². The van der Waals surface area contributed by atoms with Crippen molar-refractivity contribution >= 4 is 33.2 Å². The molecule has 0 radical (unpaired) electrons. The molecule has 0 unspecified atom stereocenters. The Bertz CT molecular complexity index is 561. The van der Waals surface area contributed by atoms with Gasteiger partial charge in [0.15, 0.2) is 0 Å². The van der Waals surface area contributed by atoms with Crippen LogP contribution in [0.25, 0.3) is 0 Å². The van der Waals surface area contributed by atoms with Gasteiger partial charge in [-0.25, -0.2) is 4.79 Å². The van der Waals surface area contributed by atoms with Gasteiger partial charge in [0.05, 0.1) is 6.54 Å². The molecule has 0 saturated heterocycles. The molecule has 18 heavy (non-hydrogen) atoms. The molecule has 0 aliphatic carbocycles. The summed E-state index contributed by atoms with van der Waals surface area (Å²) in [5.41, 5.74) is 0.650. The second kappa shape index (κ2) is 5.69. The summed E-state index contributed by atoms with van der Waals surface area (Å²) in [5, 5.41) is 14.1. The minimum Gasteiger partial charge on any atom is -0.475 e. The lowest BCUT2D eigenvalue weighted by atomic mass is 10.2. The number of furan rings is 1. The second-order valence-electron chi connectivity index (χ2n) is 3.83. The second-order valence-corrected chi connectivity index (χ2v) is 5.68. The molecule has 2 aromatic heterocycles. The van der Waals surface area contributed by atoms with E-state index in [2.05, 4.69) is 21.2 Å². The molecule has 0 aliphatic rings. The Kier molecular flexibility index (Phi) is 4.21. The molecule has 2 aromatic rings. The van der Waals surface area contributed by atoms with Crippen LogP contribution in [0.2, 0.25) is 0 Å². The maximum atomic E-state index is 10.8. The van der Waals surface area contributed by atoms with Gasteiger partial charge in [-0.2, -0.15) is 0 Å². The number of aromatic carboxylic acids is 1. The van der Waals surface area contributed by atoms with Crippen LogP contribution < -0.4 is 5.32 Å². The number of carboxylic acids is 1. The number of rotatable bonds is 5. The summed E-state index contributed by atoms with van der Waals surface area (Å²) in [6.07, 6.45) is 0. The highest BCUT2D eigenvalue weighted by molar-refractivity contribution is 9.10. The van der Waals surface area contributed by atoms with Crippen molar-refractivity contribution in [1.82, 2.24) is 5.32 Å². The number of carboxylic acid groups (broad SMARTS) is 1. The van der Waals surface area contributed by atoms with E-state index >= 15 is 0 Å². The van der Waals surface area contributed by atoms with Crippen molar-refractivity contribution in [2.45, 2.75) is 20.0 Å². The molecule has 0 fully saturated rings. The van der Waals surface area contributed by atoms with Gasteiger partial charge >= 0.3 is 5.97 Å². The van der Waals surface area contributed by atoms with Crippen molar-refractivity contribution in [2.75, 3.05) is 0 Å². The highest BCUT2D eigenvalue weighted by Crippen LogP contribution is 2.22. The summed E-state index contributed by atoms with van der Waals surface area (Å²) < 4.78 is 6.34. The Hall–Kier alpha value is -1.11. The Labute approximate surface area is 117 Å². The third-order valence-electron chi connectivity index (χ3n) is 2.44. The lowest BCUT2D eigenvalue weighted by molar-refractivity contribution is 0.0659. The molecular formula is C12H12BrNO3S. The number of halogens is 1. The van der Waals surface area contributed by atoms with Crippen molar-refractivity contribution in [2.24, 2.45) is 0 Å². The van der Waals surface area contributed by atoms with E-state index in [0.29, 0.717) is 17.9 Å². The third-order valence-corrected chi connectivity index (χ3v) is 4.37. The summed E-state index contributed by atoms with van der Waals surface area (Å²) in [7, 11) is 0. The molecule has 0 amide bonds. The first kappa shape index (κ1) is 13.3. The third kappa shape index (κ3) is 3.01. The summed E-state index contributed by atoms with van der Waals surface area (Å²) in [6.45, 7) is 2.96. The van der Waals surface area contributed by atoms with Gasteiger partial charge in [-0.3, -0.25) is 0 Å². The first-order valence-electron chi connectivity index (χ1n) is 5.33. The molecule has 0 spiro atoms. The average Bonchev–Trinajstić information content (AvgIpc) is 2.86. The van der Waals surface area contributed by atoms with E-state index in [4.69, 9.17) is 9.52 Å². The fraction of sp³-hybridized carbons (Fsp3) is 0.250. The van der Waals surface area contributed by atoms with Crippen LogP contribution in [0.1, 0.15) is 26.8 Å². The molecule has 2 heterocycles. The highest BCUT2D eigenvalue weighted by Gasteiger charge is 2.13. The number of aryl methyl sites for hydroxylation is 1. The molecular weight excluding hydrogens is 318 g/mol. The largest absolute Gasteiger partial charge is 0.475 e. The van der Waals surface area contributed by atoms with Crippen molar-refractivity contribution in [3.05, 3.63) is 43.9 Å². The standard InChI is InChI=1S/C12H12BrNO3S/c1-7-4-8(17-11(7)12(15)16)5-14-6-10-9(13)2-3-18-10/h2-4,14H,5-6H2,1H3,(H,15,16). The van der Waals surface area contributed by atoms with Gasteiger partial charge in [-0.05, 0) is 40.4 Å². The minimum absolute atomic E-state index is 0.0177. The minimum atomic E-state index is -1.03. The first-order chi connectivity index (χ1) is 8.58. The summed E-state index contributed by atoms with van der Waals surface area (Å²) >= 11 is 5.12. The molecule has 0 bridgehead atoms. The monoisotopic (exact) mass is 329 g/mol. The van der Waals surface area contributed by atoms with Crippen molar-refractivity contribution in [3.8, 4) is 0 Å². The molecule has 2 N–H and O–H groups in total. The Balaban J connectivity index is 1.93. The zero-order valence-electron chi connectivity index (χ0n) is 9.70.